The summed E-state index contributed by atoms with van der Waals surface area (Å²) in [6, 6.07) is 0. The first-order valence-electron chi connectivity index (χ1n) is 9.47. The van der Waals surface area contributed by atoms with Gasteiger partial charge in [-0.25, -0.2) is 9.97 Å². The van der Waals surface area contributed by atoms with Gasteiger partial charge in [0.05, 0.1) is 29.7 Å². The Labute approximate surface area is 153 Å². The summed E-state index contributed by atoms with van der Waals surface area (Å²) >= 11 is 0. The molecule has 1 N–H and O–H groups in total. The third kappa shape index (κ3) is 3.06. The van der Waals surface area contributed by atoms with Crippen LogP contribution in [-0.2, 0) is 13.0 Å². The second kappa shape index (κ2) is 7.05. The topological polar surface area (TPSA) is 78.0 Å². The summed E-state index contributed by atoms with van der Waals surface area (Å²) in [7, 11) is 3.98. The number of carbonyl (C=O) groups is 1. The van der Waals surface area contributed by atoms with Crippen molar-refractivity contribution in [1.82, 2.24) is 25.1 Å². The van der Waals surface area contributed by atoms with Gasteiger partial charge >= 0.3 is 0 Å². The Balaban J connectivity index is 1.56. The van der Waals surface area contributed by atoms with E-state index in [0.717, 1.165) is 47.6 Å². The second-order valence-corrected chi connectivity index (χ2v) is 7.53. The fourth-order valence-corrected chi connectivity index (χ4v) is 4.24. The van der Waals surface area contributed by atoms with Gasteiger partial charge in [0, 0.05) is 32.1 Å². The van der Waals surface area contributed by atoms with Crippen molar-refractivity contribution in [2.45, 2.75) is 51.0 Å². The van der Waals surface area contributed by atoms with Gasteiger partial charge in [-0.3, -0.25) is 9.89 Å². The van der Waals surface area contributed by atoms with E-state index >= 15 is 0 Å². The molecule has 26 heavy (non-hydrogen) atoms. The van der Waals surface area contributed by atoms with Crippen molar-refractivity contribution >= 4 is 11.7 Å². The van der Waals surface area contributed by atoms with Crippen molar-refractivity contribution in [3.8, 4) is 0 Å². The van der Waals surface area contributed by atoms with Crippen molar-refractivity contribution in [3.63, 3.8) is 0 Å². The van der Waals surface area contributed by atoms with Gasteiger partial charge in [-0.2, -0.15) is 5.10 Å². The third-order valence-corrected chi connectivity index (χ3v) is 5.61. The fraction of sp³-hybridized carbons (Fsp3) is 0.579. The molecule has 1 amide bonds. The first kappa shape index (κ1) is 17.0. The molecule has 0 radical (unpaired) electrons. The summed E-state index contributed by atoms with van der Waals surface area (Å²) in [5.74, 6) is 1.45. The Bertz CT molecular complexity index is 793. The standard InChI is InChI=1S/C19H26N6O/c1-24(2)18-14-8-9-25(11-16(14)20-12-21-18)19(26)15-10-22-23-17(15)13-6-4-3-5-7-13/h10,12-13H,3-9,11H2,1-2H3,(H,22,23). The molecule has 0 aromatic carbocycles. The molecule has 0 spiro atoms. The SMILES string of the molecule is CN(C)c1ncnc2c1CCN(C(=O)c1cn[nH]c1C1CCCCC1)C2. The van der Waals surface area contributed by atoms with Gasteiger partial charge in [-0.05, 0) is 19.3 Å². The van der Waals surface area contributed by atoms with Crippen LogP contribution in [0.25, 0.3) is 0 Å². The second-order valence-electron chi connectivity index (χ2n) is 7.53. The molecule has 2 aliphatic rings. The monoisotopic (exact) mass is 354 g/mol. The predicted octanol–water partition coefficient (Wildman–Crippen LogP) is 2.51. The summed E-state index contributed by atoms with van der Waals surface area (Å²) in [4.78, 5) is 25.9. The van der Waals surface area contributed by atoms with Crippen LogP contribution >= 0.6 is 0 Å². The molecule has 2 aromatic rings. The molecule has 1 aliphatic heterocycles. The van der Waals surface area contributed by atoms with Gasteiger partial charge in [0.2, 0.25) is 0 Å². The van der Waals surface area contributed by atoms with Gasteiger partial charge in [0.1, 0.15) is 12.1 Å². The third-order valence-electron chi connectivity index (χ3n) is 5.61. The lowest BCUT2D eigenvalue weighted by atomic mass is 9.85. The Kier molecular flexibility index (Phi) is 4.61. The number of aromatic amines is 1. The normalized spacial score (nSPS) is 17.8. The van der Waals surface area contributed by atoms with E-state index in [-0.39, 0.29) is 5.91 Å². The van der Waals surface area contributed by atoms with Crippen LogP contribution in [0.5, 0.6) is 0 Å². The summed E-state index contributed by atoms with van der Waals surface area (Å²) < 4.78 is 0. The lowest BCUT2D eigenvalue weighted by molar-refractivity contribution is 0.0730. The maximum Gasteiger partial charge on any atom is 0.257 e. The zero-order valence-electron chi connectivity index (χ0n) is 15.5. The molecule has 0 atom stereocenters. The van der Waals surface area contributed by atoms with Crippen LogP contribution in [0.1, 0.15) is 65.3 Å². The Morgan fingerprint density at radius 1 is 1.23 bits per heavy atom. The van der Waals surface area contributed by atoms with Crippen molar-refractivity contribution in [2.75, 3.05) is 25.5 Å². The maximum atomic E-state index is 13.2. The Morgan fingerprint density at radius 3 is 2.81 bits per heavy atom. The van der Waals surface area contributed by atoms with Crippen LogP contribution in [0.3, 0.4) is 0 Å². The van der Waals surface area contributed by atoms with Gasteiger partial charge in [0.15, 0.2) is 0 Å². The number of carbonyl (C=O) groups excluding carboxylic acids is 1. The van der Waals surface area contributed by atoms with Crippen molar-refractivity contribution in [3.05, 3.63) is 35.0 Å². The molecule has 138 valence electrons. The van der Waals surface area contributed by atoms with E-state index in [4.69, 9.17) is 0 Å². The number of anilines is 1. The maximum absolute atomic E-state index is 13.2. The highest BCUT2D eigenvalue weighted by Crippen LogP contribution is 2.34. The van der Waals surface area contributed by atoms with Crippen LogP contribution < -0.4 is 4.90 Å². The smallest absolute Gasteiger partial charge is 0.257 e. The van der Waals surface area contributed by atoms with E-state index in [2.05, 4.69) is 20.2 Å². The zero-order chi connectivity index (χ0) is 18.1. The molecule has 1 aliphatic carbocycles. The molecule has 3 heterocycles. The van der Waals surface area contributed by atoms with Crippen molar-refractivity contribution in [1.29, 1.82) is 0 Å². The van der Waals surface area contributed by atoms with E-state index in [0.29, 0.717) is 19.0 Å². The minimum Gasteiger partial charge on any atom is -0.362 e. The zero-order valence-corrected chi connectivity index (χ0v) is 15.5. The molecule has 1 fully saturated rings. The van der Waals surface area contributed by atoms with Crippen LogP contribution in [0.15, 0.2) is 12.5 Å². The van der Waals surface area contributed by atoms with E-state index in [1.807, 2.05) is 23.9 Å². The van der Waals surface area contributed by atoms with E-state index in [1.165, 1.54) is 19.3 Å². The molecule has 7 nitrogen and oxygen atoms in total. The van der Waals surface area contributed by atoms with Crippen LogP contribution in [0.4, 0.5) is 5.82 Å². The predicted molar refractivity (Wildman–Crippen MR) is 99.2 cm³/mol. The van der Waals surface area contributed by atoms with Crippen LogP contribution in [0.2, 0.25) is 0 Å². The Morgan fingerprint density at radius 2 is 2.04 bits per heavy atom. The average Bonchev–Trinajstić information content (AvgIpc) is 3.17. The number of nitrogens with zero attached hydrogens (tertiary/aromatic N) is 5. The van der Waals surface area contributed by atoms with E-state index < -0.39 is 0 Å². The molecular weight excluding hydrogens is 328 g/mol. The highest BCUT2D eigenvalue weighted by Gasteiger charge is 2.29. The average molecular weight is 354 g/mol. The first-order valence-corrected chi connectivity index (χ1v) is 9.47. The largest absolute Gasteiger partial charge is 0.362 e. The van der Waals surface area contributed by atoms with Crippen molar-refractivity contribution in [2.24, 2.45) is 0 Å². The lowest BCUT2D eigenvalue weighted by Gasteiger charge is -2.30. The number of hydrogen-bond acceptors (Lipinski definition) is 5. The fourth-order valence-electron chi connectivity index (χ4n) is 4.24. The van der Waals surface area contributed by atoms with Gasteiger partial charge in [0.25, 0.3) is 5.91 Å². The molecule has 0 saturated heterocycles. The highest BCUT2D eigenvalue weighted by atomic mass is 16.2. The summed E-state index contributed by atoms with van der Waals surface area (Å²) in [6.07, 6.45) is 10.1. The lowest BCUT2D eigenvalue weighted by Crippen LogP contribution is -2.37. The number of aromatic nitrogens is 4. The van der Waals surface area contributed by atoms with Gasteiger partial charge in [-0.1, -0.05) is 19.3 Å². The number of H-pyrrole nitrogens is 1. The summed E-state index contributed by atoms with van der Waals surface area (Å²) in [5, 5.41) is 7.30. The van der Waals surface area contributed by atoms with E-state index in [1.54, 1.807) is 12.5 Å². The number of hydrogen-bond donors (Lipinski definition) is 1. The number of amides is 1. The van der Waals surface area contributed by atoms with Gasteiger partial charge < -0.3 is 9.80 Å². The molecule has 0 bridgehead atoms. The number of nitrogens with one attached hydrogen (secondary N) is 1. The molecule has 2 aromatic heterocycles. The minimum absolute atomic E-state index is 0.0648. The quantitative estimate of drug-likeness (QED) is 0.916. The summed E-state index contributed by atoms with van der Waals surface area (Å²) in [5.41, 5.74) is 3.87. The van der Waals surface area contributed by atoms with Crippen LogP contribution in [0, 0.1) is 0 Å². The molecular formula is C19H26N6O. The van der Waals surface area contributed by atoms with Crippen LogP contribution in [-0.4, -0.2) is 51.6 Å². The van der Waals surface area contributed by atoms with Gasteiger partial charge in [-0.15, -0.1) is 0 Å². The molecule has 4 rings (SSSR count). The highest BCUT2D eigenvalue weighted by molar-refractivity contribution is 5.95. The molecule has 1 saturated carbocycles. The molecule has 7 heteroatoms. The van der Waals surface area contributed by atoms with Crippen molar-refractivity contribution < 1.29 is 4.79 Å². The first-order chi connectivity index (χ1) is 12.6. The number of rotatable bonds is 3. The Hall–Kier alpha value is -2.44. The molecule has 0 unspecified atom stereocenters. The summed E-state index contributed by atoms with van der Waals surface area (Å²) in [6.45, 7) is 1.22. The van der Waals surface area contributed by atoms with E-state index in [9.17, 15) is 4.79 Å². The number of fused-ring (bicyclic) bond motifs is 1. The minimum atomic E-state index is 0.0648.